The summed E-state index contributed by atoms with van der Waals surface area (Å²) in [6.07, 6.45) is 12.1. The molecule has 0 radical (unpaired) electrons. The van der Waals surface area contributed by atoms with Crippen LogP contribution in [0.3, 0.4) is 0 Å². The van der Waals surface area contributed by atoms with Gasteiger partial charge in [0.15, 0.2) is 0 Å². The molecule has 0 heterocycles. The lowest BCUT2D eigenvalue weighted by molar-refractivity contribution is -0.139. The summed E-state index contributed by atoms with van der Waals surface area (Å²) in [6.45, 7) is 1.75. The maximum absolute atomic E-state index is 10.8. The van der Waals surface area contributed by atoms with Gasteiger partial charge in [0.1, 0.15) is 6.04 Å². The van der Waals surface area contributed by atoms with E-state index in [-0.39, 0.29) is 0 Å². The minimum Gasteiger partial charge on any atom is -0.480 e. The van der Waals surface area contributed by atoms with Crippen LogP contribution in [-0.4, -0.2) is 23.2 Å². The molecule has 2 N–H and O–H groups in total. The maximum Gasteiger partial charge on any atom is 0.320 e. The first-order valence-corrected chi connectivity index (χ1v) is 7.65. The van der Waals surface area contributed by atoms with Crippen molar-refractivity contribution in [2.45, 2.75) is 76.8 Å². The van der Waals surface area contributed by atoms with Crippen LogP contribution in [0, 0.1) is 11.8 Å². The highest BCUT2D eigenvalue weighted by molar-refractivity contribution is 5.72. The molecule has 18 heavy (non-hydrogen) atoms. The minimum absolute atomic E-state index is 0.402. The lowest BCUT2D eigenvalue weighted by atomic mass is 9.72. The van der Waals surface area contributed by atoms with Gasteiger partial charge >= 0.3 is 5.97 Å². The summed E-state index contributed by atoms with van der Waals surface area (Å²) in [5.74, 6) is 1.16. The lowest BCUT2D eigenvalue weighted by Crippen LogP contribution is -2.43. The van der Waals surface area contributed by atoms with Gasteiger partial charge in [0.2, 0.25) is 0 Å². The summed E-state index contributed by atoms with van der Waals surface area (Å²) in [7, 11) is 0. The Hall–Kier alpha value is -0.570. The molecule has 3 nitrogen and oxygen atoms in total. The number of aliphatic carboxylic acids is 1. The largest absolute Gasteiger partial charge is 0.480 e. The molecule has 0 aromatic heterocycles. The SMILES string of the molecule is C[C@H](NC1CCC(C2CCCCC2)CC1)C(=O)O. The highest BCUT2D eigenvalue weighted by atomic mass is 16.4. The van der Waals surface area contributed by atoms with Gasteiger partial charge in [-0.25, -0.2) is 0 Å². The molecule has 2 aliphatic carbocycles. The Kier molecular flexibility index (Phi) is 5.04. The Morgan fingerprint density at radius 3 is 2.11 bits per heavy atom. The van der Waals surface area contributed by atoms with Gasteiger partial charge in [-0.2, -0.15) is 0 Å². The number of nitrogens with one attached hydrogen (secondary N) is 1. The molecule has 0 bridgehead atoms. The molecular formula is C15H27NO2. The summed E-state index contributed by atoms with van der Waals surface area (Å²) in [6, 6.07) is 0.0252. The van der Waals surface area contributed by atoms with Crippen LogP contribution in [0.4, 0.5) is 0 Å². The Morgan fingerprint density at radius 2 is 1.56 bits per heavy atom. The summed E-state index contributed by atoms with van der Waals surface area (Å²) >= 11 is 0. The van der Waals surface area contributed by atoms with Crippen molar-refractivity contribution in [2.75, 3.05) is 0 Å². The first-order valence-electron chi connectivity index (χ1n) is 7.65. The molecule has 2 saturated carbocycles. The van der Waals surface area contributed by atoms with Gasteiger partial charge in [-0.1, -0.05) is 32.1 Å². The van der Waals surface area contributed by atoms with Crippen LogP contribution < -0.4 is 5.32 Å². The fourth-order valence-electron chi connectivity index (χ4n) is 3.79. The van der Waals surface area contributed by atoms with Crippen LogP contribution in [0.25, 0.3) is 0 Å². The smallest absolute Gasteiger partial charge is 0.320 e. The second kappa shape index (κ2) is 6.55. The van der Waals surface area contributed by atoms with E-state index in [9.17, 15) is 4.79 Å². The number of hydrogen-bond acceptors (Lipinski definition) is 2. The minimum atomic E-state index is -0.732. The average molecular weight is 253 g/mol. The quantitative estimate of drug-likeness (QED) is 0.809. The number of carboxylic acids is 1. The maximum atomic E-state index is 10.8. The van der Waals surface area contributed by atoms with Gasteiger partial charge in [0.05, 0.1) is 0 Å². The number of carbonyl (C=O) groups is 1. The first-order chi connectivity index (χ1) is 8.66. The molecular weight excluding hydrogens is 226 g/mol. The van der Waals surface area contributed by atoms with E-state index < -0.39 is 12.0 Å². The number of hydrogen-bond donors (Lipinski definition) is 2. The predicted octanol–water partition coefficient (Wildman–Crippen LogP) is 3.19. The topological polar surface area (TPSA) is 49.3 Å². The van der Waals surface area contributed by atoms with Crippen molar-refractivity contribution < 1.29 is 9.90 Å². The van der Waals surface area contributed by atoms with Gasteiger partial charge < -0.3 is 10.4 Å². The van der Waals surface area contributed by atoms with Gasteiger partial charge in [0, 0.05) is 6.04 Å². The predicted molar refractivity (Wildman–Crippen MR) is 72.6 cm³/mol. The van der Waals surface area contributed by atoms with E-state index in [4.69, 9.17) is 5.11 Å². The normalized spacial score (nSPS) is 32.1. The Bertz CT molecular complexity index is 266. The Balaban J connectivity index is 1.72. The zero-order valence-electron chi connectivity index (χ0n) is 11.5. The van der Waals surface area contributed by atoms with E-state index in [1.165, 1.54) is 57.8 Å². The van der Waals surface area contributed by atoms with Gasteiger partial charge in [-0.15, -0.1) is 0 Å². The van der Waals surface area contributed by atoms with E-state index in [0.29, 0.717) is 6.04 Å². The van der Waals surface area contributed by atoms with E-state index in [0.717, 1.165) is 11.8 Å². The summed E-state index contributed by atoms with van der Waals surface area (Å²) in [4.78, 5) is 10.8. The van der Waals surface area contributed by atoms with Crippen LogP contribution >= 0.6 is 0 Å². The van der Waals surface area contributed by atoms with Crippen molar-refractivity contribution in [3.05, 3.63) is 0 Å². The van der Waals surface area contributed by atoms with E-state index in [1.54, 1.807) is 6.92 Å². The van der Waals surface area contributed by atoms with Crippen LogP contribution in [0.1, 0.15) is 64.7 Å². The molecule has 0 aromatic rings. The molecule has 0 aromatic carbocycles. The number of rotatable bonds is 4. The third-order valence-electron chi connectivity index (χ3n) is 4.94. The highest BCUT2D eigenvalue weighted by Crippen LogP contribution is 2.38. The zero-order chi connectivity index (χ0) is 13.0. The third kappa shape index (κ3) is 3.71. The summed E-state index contributed by atoms with van der Waals surface area (Å²) in [5, 5.41) is 12.1. The Morgan fingerprint density at radius 1 is 1.00 bits per heavy atom. The second-order valence-electron chi connectivity index (χ2n) is 6.24. The molecule has 0 spiro atoms. The molecule has 0 amide bonds. The van der Waals surface area contributed by atoms with Crippen molar-refractivity contribution in [1.82, 2.24) is 5.32 Å². The first kappa shape index (κ1) is 13.9. The van der Waals surface area contributed by atoms with Crippen LogP contribution in [-0.2, 0) is 4.79 Å². The average Bonchev–Trinajstić information content (AvgIpc) is 2.40. The summed E-state index contributed by atoms with van der Waals surface area (Å²) in [5.41, 5.74) is 0. The van der Waals surface area contributed by atoms with Crippen molar-refractivity contribution >= 4 is 5.97 Å². The van der Waals surface area contributed by atoms with E-state index in [2.05, 4.69) is 5.32 Å². The standard InChI is InChI=1S/C15H27NO2/c1-11(15(17)18)16-14-9-7-13(8-10-14)12-5-3-2-4-6-12/h11-14,16H,2-10H2,1H3,(H,17,18)/t11-,13?,14?/m0/s1. The fourth-order valence-corrected chi connectivity index (χ4v) is 3.79. The molecule has 2 fully saturated rings. The molecule has 104 valence electrons. The molecule has 0 unspecified atom stereocenters. The zero-order valence-corrected chi connectivity index (χ0v) is 11.5. The monoisotopic (exact) mass is 253 g/mol. The molecule has 3 heteroatoms. The summed E-state index contributed by atoms with van der Waals surface area (Å²) < 4.78 is 0. The van der Waals surface area contributed by atoms with Crippen molar-refractivity contribution in [3.8, 4) is 0 Å². The van der Waals surface area contributed by atoms with Gasteiger partial charge in [-0.05, 0) is 44.4 Å². The lowest BCUT2D eigenvalue weighted by Gasteiger charge is -2.36. The van der Waals surface area contributed by atoms with Crippen molar-refractivity contribution in [2.24, 2.45) is 11.8 Å². The highest BCUT2D eigenvalue weighted by Gasteiger charge is 2.29. The molecule has 0 saturated heterocycles. The van der Waals surface area contributed by atoms with Crippen LogP contribution in [0.15, 0.2) is 0 Å². The third-order valence-corrected chi connectivity index (χ3v) is 4.94. The van der Waals surface area contributed by atoms with E-state index >= 15 is 0 Å². The van der Waals surface area contributed by atoms with Gasteiger partial charge in [-0.3, -0.25) is 4.79 Å². The van der Waals surface area contributed by atoms with Crippen molar-refractivity contribution in [3.63, 3.8) is 0 Å². The molecule has 0 aliphatic heterocycles. The van der Waals surface area contributed by atoms with Gasteiger partial charge in [0.25, 0.3) is 0 Å². The molecule has 1 atom stereocenters. The molecule has 2 rings (SSSR count). The van der Waals surface area contributed by atoms with E-state index in [1.807, 2.05) is 0 Å². The van der Waals surface area contributed by atoms with Crippen LogP contribution in [0.5, 0.6) is 0 Å². The second-order valence-corrected chi connectivity index (χ2v) is 6.24. The van der Waals surface area contributed by atoms with Crippen molar-refractivity contribution in [1.29, 1.82) is 0 Å². The van der Waals surface area contributed by atoms with Crippen LogP contribution in [0.2, 0.25) is 0 Å². The molecule has 2 aliphatic rings. The fraction of sp³-hybridized carbons (Fsp3) is 0.933. The Labute approximate surface area is 110 Å². The number of carboxylic acid groups (broad SMARTS) is 1.